The standard InChI is InChI=1S/C21H26Cl2N2O3S2/c1-16-6-3-4-7-17(16)15-29-13-11-24-21(26)8-5-12-25(30(2,27)28)20-14-18(22)9-10-19(20)23/h3-4,6-7,9-10,14H,5,8,11-13,15H2,1-2H3,(H,24,26). The Kier molecular flexibility index (Phi) is 9.81. The zero-order valence-corrected chi connectivity index (χ0v) is 20.2. The number of nitrogens with zero attached hydrogens (tertiary/aromatic N) is 1. The molecule has 2 aromatic rings. The van der Waals surface area contributed by atoms with Gasteiger partial charge in [0.1, 0.15) is 0 Å². The summed E-state index contributed by atoms with van der Waals surface area (Å²) in [7, 11) is -3.55. The van der Waals surface area contributed by atoms with Gasteiger partial charge in [-0.3, -0.25) is 9.10 Å². The molecule has 5 nitrogen and oxygen atoms in total. The Labute approximate surface area is 193 Å². The van der Waals surface area contributed by atoms with Crippen LogP contribution in [0.1, 0.15) is 24.0 Å². The molecule has 0 fully saturated rings. The van der Waals surface area contributed by atoms with E-state index in [0.29, 0.717) is 28.7 Å². The van der Waals surface area contributed by atoms with Crippen LogP contribution in [0.5, 0.6) is 0 Å². The first kappa shape index (κ1) is 24.9. The van der Waals surface area contributed by atoms with Crippen LogP contribution in [0.15, 0.2) is 42.5 Å². The Morgan fingerprint density at radius 1 is 1.17 bits per heavy atom. The first-order chi connectivity index (χ1) is 14.2. The van der Waals surface area contributed by atoms with Crippen LogP contribution in [-0.2, 0) is 20.6 Å². The van der Waals surface area contributed by atoms with E-state index < -0.39 is 10.0 Å². The minimum Gasteiger partial charge on any atom is -0.355 e. The molecule has 9 heteroatoms. The topological polar surface area (TPSA) is 66.5 Å². The number of amides is 1. The maximum Gasteiger partial charge on any atom is 0.232 e. The van der Waals surface area contributed by atoms with Crippen LogP contribution in [0, 0.1) is 6.92 Å². The average Bonchev–Trinajstić information content (AvgIpc) is 2.67. The molecule has 30 heavy (non-hydrogen) atoms. The van der Waals surface area contributed by atoms with Crippen LogP contribution in [0.2, 0.25) is 10.0 Å². The van der Waals surface area contributed by atoms with Gasteiger partial charge in [-0.2, -0.15) is 11.8 Å². The van der Waals surface area contributed by atoms with E-state index in [2.05, 4.69) is 24.4 Å². The van der Waals surface area contributed by atoms with E-state index in [9.17, 15) is 13.2 Å². The second-order valence-corrected chi connectivity index (χ2v) is 10.7. The number of benzene rings is 2. The monoisotopic (exact) mass is 488 g/mol. The molecular formula is C21H26Cl2N2O3S2. The van der Waals surface area contributed by atoms with E-state index in [1.165, 1.54) is 21.5 Å². The second-order valence-electron chi connectivity index (χ2n) is 6.86. The molecule has 0 atom stereocenters. The number of rotatable bonds is 11. The molecule has 0 saturated carbocycles. The van der Waals surface area contributed by atoms with Crippen LogP contribution in [0.4, 0.5) is 5.69 Å². The number of carbonyl (C=O) groups is 1. The van der Waals surface area contributed by atoms with Crippen molar-refractivity contribution in [2.75, 3.05) is 29.4 Å². The number of carbonyl (C=O) groups excluding carboxylic acids is 1. The molecule has 1 N–H and O–H groups in total. The Morgan fingerprint density at radius 3 is 2.60 bits per heavy atom. The molecule has 1 amide bonds. The minimum absolute atomic E-state index is 0.0999. The third-order valence-electron chi connectivity index (χ3n) is 4.43. The van der Waals surface area contributed by atoms with Crippen molar-refractivity contribution < 1.29 is 13.2 Å². The molecule has 0 bridgehead atoms. The molecular weight excluding hydrogens is 463 g/mol. The lowest BCUT2D eigenvalue weighted by Gasteiger charge is -2.23. The highest BCUT2D eigenvalue weighted by Crippen LogP contribution is 2.30. The van der Waals surface area contributed by atoms with Crippen molar-refractivity contribution in [3.63, 3.8) is 0 Å². The summed E-state index contributed by atoms with van der Waals surface area (Å²) in [6.07, 6.45) is 1.71. The molecule has 164 valence electrons. The summed E-state index contributed by atoms with van der Waals surface area (Å²) >= 11 is 13.9. The van der Waals surface area contributed by atoms with Gasteiger partial charge in [0.15, 0.2) is 0 Å². The number of anilines is 1. The van der Waals surface area contributed by atoms with Crippen molar-refractivity contribution in [1.82, 2.24) is 5.32 Å². The van der Waals surface area contributed by atoms with Gasteiger partial charge < -0.3 is 5.32 Å². The summed E-state index contributed by atoms with van der Waals surface area (Å²) in [5.41, 5.74) is 2.89. The van der Waals surface area contributed by atoms with Crippen molar-refractivity contribution in [1.29, 1.82) is 0 Å². The van der Waals surface area contributed by atoms with Gasteiger partial charge in [-0.05, 0) is 42.7 Å². The van der Waals surface area contributed by atoms with Crippen molar-refractivity contribution in [2.45, 2.75) is 25.5 Å². The number of thioether (sulfide) groups is 1. The van der Waals surface area contributed by atoms with Crippen molar-refractivity contribution in [2.24, 2.45) is 0 Å². The third-order valence-corrected chi connectivity index (χ3v) is 7.17. The lowest BCUT2D eigenvalue weighted by molar-refractivity contribution is -0.121. The first-order valence-corrected chi connectivity index (χ1v) is 13.3. The molecule has 0 radical (unpaired) electrons. The molecule has 0 aliphatic carbocycles. The maximum absolute atomic E-state index is 12.2. The third kappa shape index (κ3) is 8.02. The van der Waals surface area contributed by atoms with Gasteiger partial charge in [-0.25, -0.2) is 8.42 Å². The van der Waals surface area contributed by atoms with E-state index in [4.69, 9.17) is 23.2 Å². The van der Waals surface area contributed by atoms with Crippen molar-refractivity contribution in [3.8, 4) is 0 Å². The number of sulfonamides is 1. The normalized spacial score (nSPS) is 11.3. The van der Waals surface area contributed by atoms with E-state index >= 15 is 0 Å². The largest absolute Gasteiger partial charge is 0.355 e. The molecule has 0 heterocycles. The highest BCUT2D eigenvalue weighted by Gasteiger charge is 2.20. The highest BCUT2D eigenvalue weighted by atomic mass is 35.5. The van der Waals surface area contributed by atoms with Crippen LogP contribution in [0.25, 0.3) is 0 Å². The number of aryl methyl sites for hydroxylation is 1. The summed E-state index contributed by atoms with van der Waals surface area (Å²) < 4.78 is 25.5. The summed E-state index contributed by atoms with van der Waals surface area (Å²) in [6.45, 7) is 2.81. The van der Waals surface area contributed by atoms with Gasteiger partial charge in [0, 0.05) is 36.0 Å². The lowest BCUT2D eigenvalue weighted by Crippen LogP contribution is -2.32. The molecule has 0 aliphatic rings. The molecule has 2 aromatic carbocycles. The number of nitrogens with one attached hydrogen (secondary N) is 1. The van der Waals surface area contributed by atoms with Crippen molar-refractivity contribution in [3.05, 3.63) is 63.6 Å². The summed E-state index contributed by atoms with van der Waals surface area (Å²) in [5, 5.41) is 3.57. The SMILES string of the molecule is Cc1ccccc1CSCCNC(=O)CCCN(c1cc(Cl)ccc1Cl)S(C)(=O)=O. The van der Waals surface area contributed by atoms with Gasteiger partial charge in [-0.1, -0.05) is 47.5 Å². The molecule has 0 unspecified atom stereocenters. The second kappa shape index (κ2) is 11.8. The maximum atomic E-state index is 12.2. The summed E-state index contributed by atoms with van der Waals surface area (Å²) in [6, 6.07) is 12.9. The van der Waals surface area contributed by atoms with Crippen molar-refractivity contribution >= 4 is 56.6 Å². The Morgan fingerprint density at radius 2 is 1.90 bits per heavy atom. The Balaban J connectivity index is 1.75. The van der Waals surface area contributed by atoms with E-state index in [-0.39, 0.29) is 18.9 Å². The highest BCUT2D eigenvalue weighted by molar-refractivity contribution is 7.98. The molecule has 0 aliphatic heterocycles. The van der Waals surface area contributed by atoms with Gasteiger partial charge in [-0.15, -0.1) is 0 Å². The number of halogens is 2. The zero-order valence-electron chi connectivity index (χ0n) is 17.0. The van der Waals surface area contributed by atoms with Gasteiger partial charge >= 0.3 is 0 Å². The lowest BCUT2D eigenvalue weighted by atomic mass is 10.1. The molecule has 2 rings (SSSR count). The van der Waals surface area contributed by atoms with Gasteiger partial charge in [0.2, 0.25) is 15.9 Å². The molecule has 0 spiro atoms. The molecule has 0 saturated heterocycles. The average molecular weight is 489 g/mol. The quantitative estimate of drug-likeness (QED) is 0.456. The predicted octanol–water partition coefficient (Wildman–Crippen LogP) is 4.90. The fourth-order valence-electron chi connectivity index (χ4n) is 2.83. The first-order valence-electron chi connectivity index (χ1n) is 9.50. The summed E-state index contributed by atoms with van der Waals surface area (Å²) in [5.74, 6) is 1.62. The molecule has 0 aromatic heterocycles. The zero-order chi connectivity index (χ0) is 22.1. The Hall–Kier alpha value is -1.41. The number of hydrogen-bond acceptors (Lipinski definition) is 4. The fourth-order valence-corrected chi connectivity index (χ4v) is 5.17. The van der Waals surface area contributed by atoms with Gasteiger partial charge in [0.05, 0.1) is 17.0 Å². The van der Waals surface area contributed by atoms with Crippen LogP contribution in [0.3, 0.4) is 0 Å². The van der Waals surface area contributed by atoms with Crippen LogP contribution < -0.4 is 9.62 Å². The van der Waals surface area contributed by atoms with Crippen LogP contribution >= 0.6 is 35.0 Å². The smallest absolute Gasteiger partial charge is 0.232 e. The van der Waals surface area contributed by atoms with Crippen LogP contribution in [-0.4, -0.2) is 39.4 Å². The Bertz CT molecular complexity index is 968. The number of hydrogen-bond donors (Lipinski definition) is 1. The van der Waals surface area contributed by atoms with E-state index in [0.717, 1.165) is 17.8 Å². The fraction of sp³-hybridized carbons (Fsp3) is 0.381. The van der Waals surface area contributed by atoms with E-state index in [1.54, 1.807) is 23.9 Å². The van der Waals surface area contributed by atoms with Gasteiger partial charge in [0.25, 0.3) is 0 Å². The predicted molar refractivity (Wildman–Crippen MR) is 128 cm³/mol. The minimum atomic E-state index is -3.55. The summed E-state index contributed by atoms with van der Waals surface area (Å²) in [4.78, 5) is 12.1. The van der Waals surface area contributed by atoms with E-state index in [1.807, 2.05) is 12.1 Å².